The minimum atomic E-state index is -0.587. The van der Waals surface area contributed by atoms with Crippen molar-refractivity contribution in [3.8, 4) is 5.75 Å². The number of rotatable bonds is 4. The molecule has 1 aliphatic carbocycles. The van der Waals surface area contributed by atoms with E-state index in [1.165, 1.54) is 25.7 Å². The zero-order chi connectivity index (χ0) is 14.6. The zero-order valence-electron chi connectivity index (χ0n) is 11.7. The maximum absolute atomic E-state index is 13.8. The van der Waals surface area contributed by atoms with Crippen LogP contribution in [0.1, 0.15) is 42.5 Å². The van der Waals surface area contributed by atoms with E-state index in [1.54, 1.807) is 6.07 Å². The summed E-state index contributed by atoms with van der Waals surface area (Å²) in [4.78, 5) is 12.0. The fraction of sp³-hybridized carbons (Fsp3) is 0.533. The van der Waals surface area contributed by atoms with Crippen LogP contribution in [0.15, 0.2) is 18.2 Å². The van der Waals surface area contributed by atoms with Gasteiger partial charge < -0.3 is 15.8 Å². The van der Waals surface area contributed by atoms with Crippen LogP contribution in [0.25, 0.3) is 0 Å². The predicted molar refractivity (Wildman–Crippen MR) is 75.3 cm³/mol. The number of ether oxygens (including phenoxy) is 1. The van der Waals surface area contributed by atoms with Gasteiger partial charge in [-0.3, -0.25) is 4.79 Å². The summed E-state index contributed by atoms with van der Waals surface area (Å²) in [7, 11) is 1.45. The Morgan fingerprint density at radius 2 is 2.10 bits per heavy atom. The Labute approximate surface area is 118 Å². The van der Waals surface area contributed by atoms with Gasteiger partial charge in [0.05, 0.1) is 12.7 Å². The normalized spacial score (nSPS) is 17.6. The van der Waals surface area contributed by atoms with Crippen LogP contribution in [-0.4, -0.2) is 25.1 Å². The van der Waals surface area contributed by atoms with Crippen molar-refractivity contribution in [1.82, 2.24) is 5.32 Å². The maximum atomic E-state index is 13.8. The molecule has 0 aliphatic heterocycles. The Balaban J connectivity index is 1.98. The summed E-state index contributed by atoms with van der Waals surface area (Å²) in [6.45, 7) is 0.386. The fourth-order valence-electron chi connectivity index (χ4n) is 2.59. The second kappa shape index (κ2) is 6.22. The number of nitrogens with one attached hydrogen (secondary N) is 1. The zero-order valence-corrected chi connectivity index (χ0v) is 11.7. The van der Waals surface area contributed by atoms with E-state index >= 15 is 0 Å². The lowest BCUT2D eigenvalue weighted by atomic mass is 9.82. The molecule has 3 N–H and O–H groups in total. The van der Waals surface area contributed by atoms with Crippen LogP contribution in [-0.2, 0) is 0 Å². The molecule has 4 nitrogen and oxygen atoms in total. The lowest BCUT2D eigenvalue weighted by Gasteiger charge is -2.33. The molecule has 0 heterocycles. The number of methoxy groups -OCH3 is 1. The number of nitrogens with two attached hydrogens (primary N) is 1. The second-order valence-electron chi connectivity index (χ2n) is 5.45. The average Bonchev–Trinajstić information content (AvgIpc) is 2.45. The van der Waals surface area contributed by atoms with Crippen LogP contribution < -0.4 is 15.8 Å². The molecule has 0 spiro atoms. The molecule has 0 bridgehead atoms. The molecule has 0 atom stereocenters. The van der Waals surface area contributed by atoms with Gasteiger partial charge in [-0.15, -0.1) is 0 Å². The first-order valence-electron chi connectivity index (χ1n) is 6.95. The monoisotopic (exact) mass is 280 g/mol. The second-order valence-corrected chi connectivity index (χ2v) is 5.45. The van der Waals surface area contributed by atoms with Crippen LogP contribution in [0, 0.1) is 5.82 Å². The first kappa shape index (κ1) is 14.8. The molecule has 2 rings (SSSR count). The SMILES string of the molecule is COc1ccc(C(=O)NCC2(N)CCCCC2)c(F)c1. The minimum absolute atomic E-state index is 0.0187. The van der Waals surface area contributed by atoms with Gasteiger partial charge in [-0.05, 0) is 25.0 Å². The van der Waals surface area contributed by atoms with E-state index in [9.17, 15) is 9.18 Å². The van der Waals surface area contributed by atoms with Gasteiger partial charge in [0.25, 0.3) is 5.91 Å². The van der Waals surface area contributed by atoms with Crippen molar-refractivity contribution < 1.29 is 13.9 Å². The Bertz CT molecular complexity index is 485. The highest BCUT2D eigenvalue weighted by Crippen LogP contribution is 2.25. The molecule has 1 aliphatic rings. The van der Waals surface area contributed by atoms with Gasteiger partial charge in [-0.1, -0.05) is 19.3 Å². The first-order valence-corrected chi connectivity index (χ1v) is 6.95. The van der Waals surface area contributed by atoms with Gasteiger partial charge in [0.1, 0.15) is 11.6 Å². The van der Waals surface area contributed by atoms with Gasteiger partial charge >= 0.3 is 0 Å². The van der Waals surface area contributed by atoms with Crippen molar-refractivity contribution >= 4 is 5.91 Å². The topological polar surface area (TPSA) is 64.3 Å². The van der Waals surface area contributed by atoms with Crippen LogP contribution in [0.5, 0.6) is 5.75 Å². The highest BCUT2D eigenvalue weighted by molar-refractivity contribution is 5.94. The summed E-state index contributed by atoms with van der Waals surface area (Å²) in [5.74, 6) is -0.626. The summed E-state index contributed by atoms with van der Waals surface area (Å²) in [5, 5.41) is 2.74. The molecule has 1 saturated carbocycles. The number of carbonyl (C=O) groups is 1. The highest BCUT2D eigenvalue weighted by atomic mass is 19.1. The Morgan fingerprint density at radius 1 is 1.40 bits per heavy atom. The summed E-state index contributed by atoms with van der Waals surface area (Å²) in [6, 6.07) is 4.19. The summed E-state index contributed by atoms with van der Waals surface area (Å²) < 4.78 is 18.7. The number of hydrogen-bond donors (Lipinski definition) is 2. The number of hydrogen-bond acceptors (Lipinski definition) is 3. The number of carbonyl (C=O) groups excluding carboxylic acids is 1. The largest absolute Gasteiger partial charge is 0.497 e. The molecule has 0 radical (unpaired) electrons. The van der Waals surface area contributed by atoms with Crippen LogP contribution in [0.3, 0.4) is 0 Å². The van der Waals surface area contributed by atoms with Crippen molar-refractivity contribution in [1.29, 1.82) is 0 Å². The van der Waals surface area contributed by atoms with E-state index in [2.05, 4.69) is 5.32 Å². The molecule has 1 aromatic rings. The lowest BCUT2D eigenvalue weighted by molar-refractivity contribution is 0.0933. The van der Waals surface area contributed by atoms with Crippen molar-refractivity contribution in [2.24, 2.45) is 5.73 Å². The third kappa shape index (κ3) is 3.48. The molecule has 1 aromatic carbocycles. The summed E-state index contributed by atoms with van der Waals surface area (Å²) in [5.41, 5.74) is 5.91. The molecule has 0 saturated heterocycles. The molecule has 20 heavy (non-hydrogen) atoms. The van der Waals surface area contributed by atoms with E-state index in [4.69, 9.17) is 10.5 Å². The standard InChI is InChI=1S/C15H21FN2O2/c1-20-11-5-6-12(13(16)9-11)14(19)18-10-15(17)7-3-2-4-8-15/h5-6,9H,2-4,7-8,10,17H2,1H3,(H,18,19). The molecule has 110 valence electrons. The van der Waals surface area contributed by atoms with Crippen molar-refractivity contribution in [2.45, 2.75) is 37.6 Å². The molecular weight excluding hydrogens is 259 g/mol. The fourth-order valence-corrected chi connectivity index (χ4v) is 2.59. The summed E-state index contributed by atoms with van der Waals surface area (Å²) in [6.07, 6.45) is 5.17. The number of halogens is 1. The number of benzene rings is 1. The Hall–Kier alpha value is -1.62. The quantitative estimate of drug-likeness (QED) is 0.889. The average molecular weight is 280 g/mol. The Morgan fingerprint density at radius 3 is 2.70 bits per heavy atom. The van der Waals surface area contributed by atoms with Crippen molar-refractivity contribution in [3.63, 3.8) is 0 Å². The van der Waals surface area contributed by atoms with Gasteiger partial charge in [0.15, 0.2) is 0 Å². The first-order chi connectivity index (χ1) is 9.54. The molecule has 1 amide bonds. The molecule has 0 unspecified atom stereocenters. The van der Waals surface area contributed by atoms with Gasteiger partial charge in [0.2, 0.25) is 0 Å². The van der Waals surface area contributed by atoms with Crippen molar-refractivity contribution in [2.75, 3.05) is 13.7 Å². The maximum Gasteiger partial charge on any atom is 0.254 e. The van der Waals surface area contributed by atoms with Crippen molar-refractivity contribution in [3.05, 3.63) is 29.6 Å². The van der Waals surface area contributed by atoms with Crippen LogP contribution >= 0.6 is 0 Å². The molecule has 0 aromatic heterocycles. The lowest BCUT2D eigenvalue weighted by Crippen LogP contribution is -2.51. The van der Waals surface area contributed by atoms with Crippen LogP contribution in [0.4, 0.5) is 4.39 Å². The van der Waals surface area contributed by atoms with Gasteiger partial charge in [-0.2, -0.15) is 0 Å². The van der Waals surface area contributed by atoms with E-state index in [1.807, 2.05) is 0 Å². The third-order valence-electron chi connectivity index (χ3n) is 3.87. The van der Waals surface area contributed by atoms with E-state index in [0.29, 0.717) is 12.3 Å². The highest BCUT2D eigenvalue weighted by Gasteiger charge is 2.28. The van der Waals surface area contributed by atoms with E-state index in [-0.39, 0.29) is 11.1 Å². The van der Waals surface area contributed by atoms with E-state index in [0.717, 1.165) is 25.7 Å². The molecule has 1 fully saturated rings. The van der Waals surface area contributed by atoms with E-state index < -0.39 is 11.7 Å². The van der Waals surface area contributed by atoms with Gasteiger partial charge in [0, 0.05) is 18.2 Å². The van der Waals surface area contributed by atoms with Gasteiger partial charge in [-0.25, -0.2) is 4.39 Å². The summed E-state index contributed by atoms with van der Waals surface area (Å²) >= 11 is 0. The third-order valence-corrected chi connectivity index (χ3v) is 3.87. The molecule has 5 heteroatoms. The Kier molecular flexibility index (Phi) is 4.60. The number of amides is 1. The predicted octanol–water partition coefficient (Wildman–Crippen LogP) is 2.23. The minimum Gasteiger partial charge on any atom is -0.497 e. The van der Waals surface area contributed by atoms with Crippen LogP contribution in [0.2, 0.25) is 0 Å². The molecular formula is C15H21FN2O2. The smallest absolute Gasteiger partial charge is 0.254 e.